The highest BCUT2D eigenvalue weighted by molar-refractivity contribution is 7.62. The first-order valence-electron chi connectivity index (χ1n) is 9.89. The number of aromatic nitrogens is 1. The van der Waals surface area contributed by atoms with E-state index in [-0.39, 0.29) is 33.3 Å². The van der Waals surface area contributed by atoms with Crippen molar-refractivity contribution < 1.29 is 27.1 Å². The number of pyridine rings is 1. The number of ether oxygens (including phenoxy) is 2. The van der Waals surface area contributed by atoms with Crippen LogP contribution in [0.3, 0.4) is 0 Å². The quantitative estimate of drug-likeness (QED) is 0.591. The van der Waals surface area contributed by atoms with Gasteiger partial charge in [0.25, 0.3) is 5.91 Å². The molecule has 2 heterocycles. The molecule has 0 bridgehead atoms. The zero-order valence-electron chi connectivity index (χ0n) is 17.9. The Labute approximate surface area is 202 Å². The van der Waals surface area contributed by atoms with E-state index in [1.807, 2.05) is 13.8 Å². The van der Waals surface area contributed by atoms with Crippen molar-refractivity contribution in [3.63, 3.8) is 0 Å². The van der Waals surface area contributed by atoms with Gasteiger partial charge in [-0.15, -0.1) is 0 Å². The maximum Gasteiger partial charge on any atom is 0.319 e. The van der Waals surface area contributed by atoms with Gasteiger partial charge in [0.15, 0.2) is 0 Å². The molecule has 1 amide bonds. The second-order valence-electron chi connectivity index (χ2n) is 7.14. The van der Waals surface area contributed by atoms with E-state index in [1.54, 1.807) is 0 Å². The van der Waals surface area contributed by atoms with Crippen molar-refractivity contribution in [1.29, 1.82) is 0 Å². The molecule has 1 saturated heterocycles. The molecular weight excluding hydrogens is 498 g/mol. The summed E-state index contributed by atoms with van der Waals surface area (Å²) in [7, 11) is -3.01. The molecule has 0 radical (unpaired) electrons. The fourth-order valence-corrected chi connectivity index (χ4v) is 3.08. The Bertz CT molecular complexity index is 1090. The van der Waals surface area contributed by atoms with Crippen molar-refractivity contribution in [3.8, 4) is 17.4 Å². The van der Waals surface area contributed by atoms with Crippen molar-refractivity contribution in [1.82, 2.24) is 15.6 Å². The van der Waals surface area contributed by atoms with Gasteiger partial charge in [-0.1, -0.05) is 41.4 Å². The van der Waals surface area contributed by atoms with E-state index in [2.05, 4.69) is 20.0 Å². The van der Waals surface area contributed by atoms with Crippen molar-refractivity contribution >= 4 is 39.6 Å². The summed E-state index contributed by atoms with van der Waals surface area (Å²) in [5.74, 6) is -1.80. The van der Waals surface area contributed by atoms with E-state index in [1.165, 1.54) is 12.3 Å². The fourth-order valence-electron chi connectivity index (χ4n) is 2.43. The maximum atomic E-state index is 14.1. The first-order chi connectivity index (χ1) is 15.7. The van der Waals surface area contributed by atoms with Crippen molar-refractivity contribution in [2.24, 2.45) is 10.3 Å². The molecule has 180 valence electrons. The third-order valence-electron chi connectivity index (χ3n) is 3.93. The Morgan fingerprint density at radius 1 is 1.15 bits per heavy atom. The summed E-state index contributed by atoms with van der Waals surface area (Å²) in [4.78, 5) is 15.6. The minimum absolute atomic E-state index is 0.123. The van der Waals surface area contributed by atoms with Gasteiger partial charge in [0.05, 0.1) is 23.4 Å². The number of piperazine rings is 1. The molecule has 0 aliphatic carbocycles. The van der Waals surface area contributed by atoms with Gasteiger partial charge in [0.2, 0.25) is 5.88 Å². The number of rotatable bonds is 6. The molecule has 0 spiro atoms. The van der Waals surface area contributed by atoms with E-state index < -0.39 is 27.8 Å². The third kappa shape index (κ3) is 9.22. The standard InChI is InChI=1S/C16H13Cl2FN2O5S.C4H10N2/c1-8(2)7-25-16-12(18)3-9(6-20-16)26-14-5-13(19)10(4-11(14)17)15(22)21-27(23)24;1-2-6-4-3-5-1/h3-6,8H,7H2,1-2H3;5-6H,1-4H2. The lowest BCUT2D eigenvalue weighted by Crippen LogP contribution is -2.39. The van der Waals surface area contributed by atoms with Gasteiger partial charge in [-0.25, -0.2) is 9.37 Å². The minimum atomic E-state index is -3.01. The molecule has 13 heteroatoms. The summed E-state index contributed by atoms with van der Waals surface area (Å²) < 4.78 is 48.5. The van der Waals surface area contributed by atoms with Gasteiger partial charge in [-0.2, -0.15) is 8.42 Å². The van der Waals surface area contributed by atoms with Gasteiger partial charge in [-0.05, 0) is 12.0 Å². The molecule has 1 aromatic heterocycles. The van der Waals surface area contributed by atoms with Crippen LogP contribution < -0.4 is 20.1 Å². The molecule has 0 atom stereocenters. The van der Waals surface area contributed by atoms with Gasteiger partial charge in [0, 0.05) is 38.3 Å². The smallest absolute Gasteiger partial charge is 0.319 e. The monoisotopic (exact) mass is 520 g/mol. The van der Waals surface area contributed by atoms with Gasteiger partial charge in [0.1, 0.15) is 22.3 Å². The Kier molecular flexibility index (Phi) is 10.9. The number of halogens is 3. The molecule has 9 nitrogen and oxygen atoms in total. The van der Waals surface area contributed by atoms with E-state index in [4.69, 9.17) is 32.7 Å². The highest BCUT2D eigenvalue weighted by Gasteiger charge is 2.17. The second-order valence-corrected chi connectivity index (χ2v) is 8.57. The number of nitrogens with one attached hydrogen (secondary N) is 2. The number of carbonyl (C=O) groups is 1. The molecule has 3 rings (SSSR count). The van der Waals surface area contributed by atoms with Crippen LogP contribution in [0.2, 0.25) is 10.0 Å². The highest BCUT2D eigenvalue weighted by Crippen LogP contribution is 2.34. The lowest BCUT2D eigenvalue weighted by atomic mass is 10.2. The average Bonchev–Trinajstić information content (AvgIpc) is 2.76. The summed E-state index contributed by atoms with van der Waals surface area (Å²) in [5, 5.41) is 6.50. The molecule has 0 unspecified atom stereocenters. The summed E-state index contributed by atoms with van der Waals surface area (Å²) in [6, 6.07) is 3.16. The summed E-state index contributed by atoms with van der Waals surface area (Å²) in [6.07, 6.45) is 1.31. The van der Waals surface area contributed by atoms with Crippen LogP contribution in [0.1, 0.15) is 24.2 Å². The first-order valence-corrected chi connectivity index (χ1v) is 11.7. The SMILES string of the molecule is C1CNCCN1.CC(C)COc1ncc(Oc2cc(F)c(C(=O)N=S(=O)=O)cc2Cl)cc1Cl. The van der Waals surface area contributed by atoms with Crippen LogP contribution in [0.5, 0.6) is 17.4 Å². The number of carbonyl (C=O) groups excluding carboxylic acids is 1. The van der Waals surface area contributed by atoms with Crippen molar-refractivity contribution in [2.75, 3.05) is 32.8 Å². The molecule has 2 N–H and O–H groups in total. The fraction of sp³-hybridized carbons (Fsp3) is 0.400. The predicted octanol–water partition coefficient (Wildman–Crippen LogP) is 3.74. The molecule has 1 fully saturated rings. The summed E-state index contributed by atoms with van der Waals surface area (Å²) in [5.41, 5.74) is -0.606. The lowest BCUT2D eigenvalue weighted by molar-refractivity contribution is 0.100. The zero-order valence-corrected chi connectivity index (χ0v) is 20.2. The topological polar surface area (TPSA) is 119 Å². The lowest BCUT2D eigenvalue weighted by Gasteiger charge is -2.12. The number of benzene rings is 1. The molecular formula is C20H23Cl2FN4O5S. The molecule has 1 aliphatic rings. The van der Waals surface area contributed by atoms with Gasteiger partial charge >= 0.3 is 10.5 Å². The third-order valence-corrected chi connectivity index (χ3v) is 4.81. The number of hydrogen-bond donors (Lipinski definition) is 2. The van der Waals surface area contributed by atoms with Crippen LogP contribution in [-0.2, 0) is 10.5 Å². The van der Waals surface area contributed by atoms with Crippen LogP contribution in [-0.4, -0.2) is 52.1 Å². The number of nitrogens with zero attached hydrogens (tertiary/aromatic N) is 2. The predicted molar refractivity (Wildman–Crippen MR) is 122 cm³/mol. The minimum Gasteiger partial charge on any atom is -0.476 e. The van der Waals surface area contributed by atoms with Crippen molar-refractivity contribution in [3.05, 3.63) is 45.8 Å². The van der Waals surface area contributed by atoms with Crippen LogP contribution >= 0.6 is 23.2 Å². The normalized spacial score (nSPS) is 13.0. The van der Waals surface area contributed by atoms with Crippen molar-refractivity contribution in [2.45, 2.75) is 13.8 Å². The molecule has 0 saturated carbocycles. The van der Waals surface area contributed by atoms with E-state index in [0.717, 1.165) is 38.3 Å². The maximum absolute atomic E-state index is 14.1. The Morgan fingerprint density at radius 3 is 2.30 bits per heavy atom. The first kappa shape index (κ1) is 26.9. The molecule has 2 aromatic rings. The molecule has 1 aromatic carbocycles. The van der Waals surface area contributed by atoms with E-state index in [9.17, 15) is 17.6 Å². The second kappa shape index (κ2) is 13.4. The Balaban J connectivity index is 0.000000554. The van der Waals surface area contributed by atoms with Crippen LogP contribution in [0, 0.1) is 11.7 Å². The van der Waals surface area contributed by atoms with Crippen LogP contribution in [0.15, 0.2) is 28.8 Å². The van der Waals surface area contributed by atoms with Gasteiger partial charge in [-0.3, -0.25) is 4.79 Å². The largest absolute Gasteiger partial charge is 0.476 e. The summed E-state index contributed by atoms with van der Waals surface area (Å²) >= 11 is 12.0. The Hall–Kier alpha value is -2.31. The average molecular weight is 521 g/mol. The van der Waals surface area contributed by atoms with Gasteiger partial charge < -0.3 is 20.1 Å². The summed E-state index contributed by atoms with van der Waals surface area (Å²) in [6.45, 7) is 8.93. The molecule has 1 aliphatic heterocycles. The van der Waals surface area contributed by atoms with E-state index in [0.29, 0.717) is 6.61 Å². The Morgan fingerprint density at radius 2 is 1.79 bits per heavy atom. The molecule has 33 heavy (non-hydrogen) atoms. The number of hydrogen-bond acceptors (Lipinski definition) is 8. The highest BCUT2D eigenvalue weighted by atomic mass is 35.5. The zero-order chi connectivity index (χ0) is 24.4. The number of amides is 1. The van der Waals surface area contributed by atoms with E-state index >= 15 is 0 Å². The van der Waals surface area contributed by atoms with Crippen LogP contribution in [0.25, 0.3) is 0 Å². The van der Waals surface area contributed by atoms with Crippen LogP contribution in [0.4, 0.5) is 4.39 Å².